The van der Waals surface area contributed by atoms with E-state index in [1.807, 2.05) is 41.8 Å². The summed E-state index contributed by atoms with van der Waals surface area (Å²) in [6.07, 6.45) is 1.46. The lowest BCUT2D eigenvalue weighted by Crippen LogP contribution is -2.39. The van der Waals surface area contributed by atoms with Crippen LogP contribution in [0.2, 0.25) is 0 Å². The minimum Gasteiger partial charge on any atom is -0.360 e. The average Bonchev–Trinajstić information content (AvgIpc) is 3.14. The van der Waals surface area contributed by atoms with Crippen molar-refractivity contribution in [2.24, 2.45) is 0 Å². The highest BCUT2D eigenvalue weighted by Crippen LogP contribution is 2.23. The zero-order valence-corrected chi connectivity index (χ0v) is 15.1. The van der Waals surface area contributed by atoms with Crippen molar-refractivity contribution in [1.29, 1.82) is 0 Å². The summed E-state index contributed by atoms with van der Waals surface area (Å²) in [6.45, 7) is 0.504. The van der Waals surface area contributed by atoms with Gasteiger partial charge in [0.2, 0.25) is 11.8 Å². The molecule has 0 saturated carbocycles. The number of anilines is 1. The number of thiophene rings is 1. The predicted octanol–water partition coefficient (Wildman–Crippen LogP) is 1.88. The standard InChI is InChI=1S/C18H19N5O2S/c1-23(11-13-5-3-2-4-6-13)16(25)10-19-15(24)9-20-17-14-7-8-26-18(14)22-12-21-17/h2-8,12H,9-11H2,1H3,(H,19,24)(H,20,21,22). The second-order valence-corrected chi connectivity index (χ2v) is 6.62. The van der Waals surface area contributed by atoms with E-state index in [2.05, 4.69) is 20.6 Å². The van der Waals surface area contributed by atoms with Crippen LogP contribution >= 0.6 is 11.3 Å². The molecule has 8 heteroatoms. The van der Waals surface area contributed by atoms with Crippen LogP contribution < -0.4 is 10.6 Å². The summed E-state index contributed by atoms with van der Waals surface area (Å²) in [6, 6.07) is 11.6. The van der Waals surface area contributed by atoms with Crippen LogP contribution in [-0.2, 0) is 16.1 Å². The fourth-order valence-corrected chi connectivity index (χ4v) is 3.14. The molecule has 0 aliphatic rings. The van der Waals surface area contributed by atoms with Gasteiger partial charge in [-0.2, -0.15) is 0 Å². The van der Waals surface area contributed by atoms with Crippen molar-refractivity contribution < 1.29 is 9.59 Å². The number of nitrogens with one attached hydrogen (secondary N) is 2. The molecule has 0 saturated heterocycles. The average molecular weight is 369 g/mol. The van der Waals surface area contributed by atoms with Gasteiger partial charge in [-0.3, -0.25) is 9.59 Å². The zero-order valence-electron chi connectivity index (χ0n) is 14.3. The highest BCUT2D eigenvalue weighted by Gasteiger charge is 2.11. The van der Waals surface area contributed by atoms with Crippen LogP contribution in [-0.4, -0.2) is 46.8 Å². The molecular formula is C18H19N5O2S. The number of fused-ring (bicyclic) bond motifs is 1. The van der Waals surface area contributed by atoms with Gasteiger partial charge in [-0.15, -0.1) is 11.3 Å². The lowest BCUT2D eigenvalue weighted by molar-refractivity contribution is -0.131. The van der Waals surface area contributed by atoms with Crippen molar-refractivity contribution in [3.05, 3.63) is 53.7 Å². The number of rotatable bonds is 7. The zero-order chi connectivity index (χ0) is 18.4. The first kappa shape index (κ1) is 17.8. The van der Waals surface area contributed by atoms with E-state index in [4.69, 9.17) is 0 Å². The molecule has 2 amide bonds. The van der Waals surface area contributed by atoms with Gasteiger partial charge in [0.15, 0.2) is 0 Å². The maximum absolute atomic E-state index is 12.1. The Bertz CT molecular complexity index is 897. The molecule has 134 valence electrons. The van der Waals surface area contributed by atoms with E-state index in [1.165, 1.54) is 17.7 Å². The predicted molar refractivity (Wildman–Crippen MR) is 102 cm³/mol. The molecule has 0 bridgehead atoms. The molecule has 0 unspecified atom stereocenters. The molecule has 0 radical (unpaired) electrons. The molecule has 7 nitrogen and oxygen atoms in total. The minimum absolute atomic E-state index is 0.0393. The molecule has 0 aliphatic carbocycles. The van der Waals surface area contributed by atoms with Gasteiger partial charge >= 0.3 is 0 Å². The SMILES string of the molecule is CN(Cc1ccccc1)C(=O)CNC(=O)CNc1ncnc2sccc12. The normalized spacial score (nSPS) is 10.5. The van der Waals surface area contributed by atoms with Gasteiger partial charge in [0.25, 0.3) is 0 Å². The highest BCUT2D eigenvalue weighted by atomic mass is 32.1. The fourth-order valence-electron chi connectivity index (χ4n) is 2.41. The van der Waals surface area contributed by atoms with E-state index in [1.54, 1.807) is 11.9 Å². The van der Waals surface area contributed by atoms with Gasteiger partial charge < -0.3 is 15.5 Å². The first-order valence-corrected chi connectivity index (χ1v) is 8.98. The third kappa shape index (κ3) is 4.54. The van der Waals surface area contributed by atoms with Gasteiger partial charge in [0.05, 0.1) is 18.5 Å². The Balaban J connectivity index is 1.45. The van der Waals surface area contributed by atoms with Crippen molar-refractivity contribution in [3.8, 4) is 0 Å². The lowest BCUT2D eigenvalue weighted by Gasteiger charge is -2.17. The largest absolute Gasteiger partial charge is 0.360 e. The summed E-state index contributed by atoms with van der Waals surface area (Å²) in [4.78, 5) is 34.9. The molecular weight excluding hydrogens is 350 g/mol. The second kappa shape index (κ2) is 8.39. The third-order valence-corrected chi connectivity index (χ3v) is 4.62. The van der Waals surface area contributed by atoms with Crippen molar-refractivity contribution >= 4 is 39.2 Å². The summed E-state index contributed by atoms with van der Waals surface area (Å²) in [7, 11) is 1.72. The fraction of sp³-hybridized carbons (Fsp3) is 0.222. The second-order valence-electron chi connectivity index (χ2n) is 5.73. The van der Waals surface area contributed by atoms with Crippen LogP contribution in [0.25, 0.3) is 10.2 Å². The molecule has 0 aliphatic heterocycles. The molecule has 2 heterocycles. The molecule has 2 aromatic heterocycles. The van der Waals surface area contributed by atoms with Crippen molar-refractivity contribution in [2.75, 3.05) is 25.5 Å². The monoisotopic (exact) mass is 369 g/mol. The Morgan fingerprint density at radius 2 is 1.92 bits per heavy atom. The molecule has 0 fully saturated rings. The lowest BCUT2D eigenvalue weighted by atomic mass is 10.2. The molecule has 3 rings (SSSR count). The van der Waals surface area contributed by atoms with Gasteiger partial charge in [-0.25, -0.2) is 9.97 Å². The number of carbonyl (C=O) groups excluding carboxylic acids is 2. The van der Waals surface area contributed by atoms with E-state index < -0.39 is 0 Å². The Morgan fingerprint density at radius 3 is 2.73 bits per heavy atom. The van der Waals surface area contributed by atoms with Crippen LogP contribution in [0.15, 0.2) is 48.1 Å². The van der Waals surface area contributed by atoms with Gasteiger partial charge in [0, 0.05) is 13.6 Å². The van der Waals surface area contributed by atoms with Crippen LogP contribution in [0.5, 0.6) is 0 Å². The summed E-state index contributed by atoms with van der Waals surface area (Å²) in [5.74, 6) is 0.192. The summed E-state index contributed by atoms with van der Waals surface area (Å²) in [5.41, 5.74) is 1.04. The first-order chi connectivity index (χ1) is 12.6. The molecule has 0 atom stereocenters. The Labute approximate surface area is 155 Å². The van der Waals surface area contributed by atoms with E-state index in [-0.39, 0.29) is 24.9 Å². The van der Waals surface area contributed by atoms with Crippen LogP contribution in [0.4, 0.5) is 5.82 Å². The summed E-state index contributed by atoms with van der Waals surface area (Å²) >= 11 is 1.51. The van der Waals surface area contributed by atoms with Crippen molar-refractivity contribution in [1.82, 2.24) is 20.2 Å². The van der Waals surface area contributed by atoms with Crippen LogP contribution in [0, 0.1) is 0 Å². The van der Waals surface area contributed by atoms with Gasteiger partial charge in [0.1, 0.15) is 17.0 Å². The quantitative estimate of drug-likeness (QED) is 0.664. The third-order valence-electron chi connectivity index (χ3n) is 3.80. The van der Waals surface area contributed by atoms with Crippen molar-refractivity contribution in [2.45, 2.75) is 6.54 Å². The maximum Gasteiger partial charge on any atom is 0.242 e. The van der Waals surface area contributed by atoms with Crippen LogP contribution in [0.1, 0.15) is 5.56 Å². The smallest absolute Gasteiger partial charge is 0.242 e. The Morgan fingerprint density at radius 1 is 1.12 bits per heavy atom. The van der Waals surface area contributed by atoms with Gasteiger partial charge in [-0.05, 0) is 17.0 Å². The van der Waals surface area contributed by atoms with Crippen LogP contribution in [0.3, 0.4) is 0 Å². The number of aromatic nitrogens is 2. The summed E-state index contributed by atoms with van der Waals surface area (Å²) in [5, 5.41) is 8.41. The number of carbonyl (C=O) groups is 2. The molecule has 3 aromatic rings. The summed E-state index contributed by atoms with van der Waals surface area (Å²) < 4.78 is 0. The first-order valence-electron chi connectivity index (χ1n) is 8.10. The highest BCUT2D eigenvalue weighted by molar-refractivity contribution is 7.16. The van der Waals surface area contributed by atoms with Gasteiger partial charge in [-0.1, -0.05) is 30.3 Å². The van der Waals surface area contributed by atoms with E-state index >= 15 is 0 Å². The van der Waals surface area contributed by atoms with Crippen molar-refractivity contribution in [3.63, 3.8) is 0 Å². The minimum atomic E-state index is -0.270. The number of hydrogen-bond acceptors (Lipinski definition) is 6. The number of amides is 2. The van der Waals surface area contributed by atoms with E-state index in [0.717, 1.165) is 15.8 Å². The number of nitrogens with zero attached hydrogens (tertiary/aromatic N) is 3. The van der Waals surface area contributed by atoms with E-state index in [0.29, 0.717) is 12.4 Å². The number of likely N-dealkylation sites (N-methyl/N-ethyl adjacent to an activating group) is 1. The molecule has 26 heavy (non-hydrogen) atoms. The number of hydrogen-bond donors (Lipinski definition) is 2. The van der Waals surface area contributed by atoms with E-state index in [9.17, 15) is 9.59 Å². The topological polar surface area (TPSA) is 87.2 Å². The molecule has 2 N–H and O–H groups in total. The Hall–Kier alpha value is -3.00. The molecule has 0 spiro atoms. The number of benzene rings is 1. The maximum atomic E-state index is 12.1. The Kier molecular flexibility index (Phi) is 5.75. The molecule has 1 aromatic carbocycles.